The third kappa shape index (κ3) is 5.31. The van der Waals surface area contributed by atoms with Crippen molar-refractivity contribution in [2.45, 2.75) is 39.0 Å². The summed E-state index contributed by atoms with van der Waals surface area (Å²) in [6.45, 7) is 5.56. The van der Waals surface area contributed by atoms with E-state index in [9.17, 15) is 18.0 Å². The number of thiocarbonyl (C=S) groups is 1. The van der Waals surface area contributed by atoms with Crippen molar-refractivity contribution in [3.05, 3.63) is 108 Å². The van der Waals surface area contributed by atoms with Crippen molar-refractivity contribution in [2.75, 3.05) is 10.2 Å². The van der Waals surface area contributed by atoms with Crippen molar-refractivity contribution in [3.63, 3.8) is 0 Å². The summed E-state index contributed by atoms with van der Waals surface area (Å²) in [5, 5.41) is 6.79. The van der Waals surface area contributed by atoms with Gasteiger partial charge in [-0.3, -0.25) is 9.78 Å². The van der Waals surface area contributed by atoms with Gasteiger partial charge in [-0.1, -0.05) is 26.0 Å². The molecule has 1 fully saturated rings. The number of nitrogens with one attached hydrogen (secondary N) is 2. The molecule has 2 N–H and O–H groups in total. The van der Waals surface area contributed by atoms with E-state index in [1.54, 1.807) is 29.1 Å². The van der Waals surface area contributed by atoms with Gasteiger partial charge in [0.1, 0.15) is 6.04 Å². The van der Waals surface area contributed by atoms with E-state index in [1.165, 1.54) is 6.07 Å². The Labute approximate surface area is 235 Å². The number of carbonyl (C=O) groups excluding carboxylic acids is 1. The number of pyridine rings is 1. The zero-order valence-electron chi connectivity index (χ0n) is 22.1. The van der Waals surface area contributed by atoms with Gasteiger partial charge < -0.3 is 20.1 Å². The number of alkyl halides is 3. The lowest BCUT2D eigenvalue weighted by Gasteiger charge is -2.29. The first-order chi connectivity index (χ1) is 19.0. The fourth-order valence-electron chi connectivity index (χ4n) is 4.85. The van der Waals surface area contributed by atoms with Crippen molar-refractivity contribution in [2.24, 2.45) is 5.92 Å². The van der Waals surface area contributed by atoms with Gasteiger partial charge in [-0.25, -0.2) is 0 Å². The number of hydrogen-bond donors (Lipinski definition) is 2. The fourth-order valence-corrected chi connectivity index (χ4v) is 5.20. The second-order valence-corrected chi connectivity index (χ2v) is 10.4. The van der Waals surface area contributed by atoms with Crippen LogP contribution in [0.1, 0.15) is 48.4 Å². The minimum atomic E-state index is -4.47. The predicted molar refractivity (Wildman–Crippen MR) is 153 cm³/mol. The average molecular weight is 564 g/mol. The van der Waals surface area contributed by atoms with Crippen LogP contribution in [-0.2, 0) is 11.0 Å². The molecule has 0 saturated carbocycles. The lowest BCUT2D eigenvalue weighted by molar-refractivity contribution is -0.137. The van der Waals surface area contributed by atoms with Crippen LogP contribution in [0.3, 0.4) is 0 Å². The number of anilines is 2. The lowest BCUT2D eigenvalue weighted by Crippen LogP contribution is -2.30. The third-order valence-corrected chi connectivity index (χ3v) is 7.22. The molecule has 0 radical (unpaired) electrons. The molecule has 2 aromatic heterocycles. The second kappa shape index (κ2) is 10.8. The highest BCUT2D eigenvalue weighted by Crippen LogP contribution is 2.43. The summed E-state index contributed by atoms with van der Waals surface area (Å²) in [4.78, 5) is 18.8. The number of hydrogen-bond acceptors (Lipinski definition) is 3. The van der Waals surface area contributed by atoms with Crippen LogP contribution in [-0.4, -0.2) is 20.6 Å². The Kier molecular flexibility index (Phi) is 7.37. The summed E-state index contributed by atoms with van der Waals surface area (Å²) in [5.74, 6) is -0.247. The van der Waals surface area contributed by atoms with E-state index < -0.39 is 17.8 Å². The minimum Gasteiger partial charge on any atom is -0.351 e. The molecule has 40 heavy (non-hydrogen) atoms. The van der Waals surface area contributed by atoms with E-state index in [0.29, 0.717) is 16.5 Å². The zero-order chi connectivity index (χ0) is 28.6. The van der Waals surface area contributed by atoms with E-state index in [-0.39, 0.29) is 17.9 Å². The number of nitrogens with zero attached hydrogens (tertiary/aromatic N) is 3. The first kappa shape index (κ1) is 27.4. The molecule has 4 aromatic rings. The molecular formula is C30H28F3N5OS. The first-order valence-corrected chi connectivity index (χ1v) is 13.2. The normalized spacial score (nSPS) is 17.3. The monoisotopic (exact) mass is 563 g/mol. The molecule has 0 unspecified atom stereocenters. The quantitative estimate of drug-likeness (QED) is 0.248. The summed E-state index contributed by atoms with van der Waals surface area (Å²) < 4.78 is 42.4. The molecule has 1 aliphatic heterocycles. The fraction of sp³-hybridized carbons (Fsp3) is 0.233. The van der Waals surface area contributed by atoms with E-state index >= 15 is 0 Å². The van der Waals surface area contributed by atoms with Gasteiger partial charge in [0.15, 0.2) is 5.11 Å². The highest BCUT2D eigenvalue weighted by molar-refractivity contribution is 7.80. The maximum absolute atomic E-state index is 13.5. The van der Waals surface area contributed by atoms with E-state index in [2.05, 4.69) is 15.6 Å². The van der Waals surface area contributed by atoms with Gasteiger partial charge in [0, 0.05) is 41.1 Å². The highest BCUT2D eigenvalue weighted by atomic mass is 32.1. The van der Waals surface area contributed by atoms with E-state index in [0.717, 1.165) is 34.8 Å². The van der Waals surface area contributed by atoms with Crippen LogP contribution in [0.4, 0.5) is 24.5 Å². The molecule has 1 saturated heterocycles. The number of amides is 1. The number of benzene rings is 2. The standard InChI is InChI=1S/C30H28F3N5OS/c1-18(2)28(39)35-23-13-12-22(16-19(23)3)38-27(26(36-29(38)40)24-10-4-5-14-34-24)25-11-7-15-37(25)21-9-6-8-20(17-21)30(31,32)33/h4-18,26-27H,1-3H3,(H,35,39)(H,36,40)/t26-,27-/m1/s1. The Bertz CT molecular complexity index is 1550. The molecule has 206 valence electrons. The summed E-state index contributed by atoms with van der Waals surface area (Å²) in [6.07, 6.45) is -1.02. The summed E-state index contributed by atoms with van der Waals surface area (Å²) >= 11 is 5.82. The Morgan fingerprint density at radius 1 is 1.02 bits per heavy atom. The van der Waals surface area contributed by atoms with Crippen LogP contribution in [0.15, 0.2) is 85.2 Å². The summed E-state index contributed by atoms with van der Waals surface area (Å²) in [6, 6.07) is 19.4. The number of aromatic nitrogens is 2. The maximum Gasteiger partial charge on any atom is 0.416 e. The summed E-state index contributed by atoms with van der Waals surface area (Å²) in [7, 11) is 0. The SMILES string of the molecule is Cc1cc(N2C(=S)N[C@H](c3ccccn3)[C@H]2c2cccn2-c2cccc(C(F)(F)F)c2)ccc1NC(=O)C(C)C. The number of aryl methyl sites for hydroxylation is 1. The van der Waals surface area contributed by atoms with Gasteiger partial charge in [0.25, 0.3) is 0 Å². The smallest absolute Gasteiger partial charge is 0.351 e. The van der Waals surface area contributed by atoms with Gasteiger partial charge >= 0.3 is 6.18 Å². The summed E-state index contributed by atoms with van der Waals surface area (Å²) in [5.41, 5.74) is 3.46. The van der Waals surface area contributed by atoms with Gasteiger partial charge in [-0.05, 0) is 85.4 Å². The minimum absolute atomic E-state index is 0.0822. The Balaban J connectivity index is 1.61. The predicted octanol–water partition coefficient (Wildman–Crippen LogP) is 6.97. The molecule has 2 atom stereocenters. The van der Waals surface area contributed by atoms with Crippen LogP contribution in [0, 0.1) is 12.8 Å². The average Bonchev–Trinajstić information content (AvgIpc) is 3.54. The van der Waals surface area contributed by atoms with Crippen molar-refractivity contribution in [1.29, 1.82) is 0 Å². The molecule has 10 heteroatoms. The molecule has 0 aliphatic carbocycles. The topological polar surface area (TPSA) is 62.2 Å². The number of rotatable bonds is 6. The molecule has 1 amide bonds. The van der Waals surface area contributed by atoms with Gasteiger partial charge in [-0.15, -0.1) is 0 Å². The second-order valence-electron chi connectivity index (χ2n) is 9.99. The Morgan fingerprint density at radius 2 is 1.82 bits per heavy atom. The molecular weight excluding hydrogens is 535 g/mol. The van der Waals surface area contributed by atoms with Gasteiger partial charge in [-0.2, -0.15) is 13.2 Å². The highest BCUT2D eigenvalue weighted by Gasteiger charge is 2.42. The molecule has 2 aromatic carbocycles. The van der Waals surface area contributed by atoms with Gasteiger partial charge in [0.05, 0.1) is 17.3 Å². The lowest BCUT2D eigenvalue weighted by atomic mass is 10.00. The van der Waals surface area contributed by atoms with Crippen molar-refractivity contribution in [1.82, 2.24) is 14.9 Å². The number of carbonyl (C=O) groups is 1. The van der Waals surface area contributed by atoms with Crippen LogP contribution >= 0.6 is 12.2 Å². The largest absolute Gasteiger partial charge is 0.416 e. The van der Waals surface area contributed by atoms with E-state index in [4.69, 9.17) is 12.2 Å². The van der Waals surface area contributed by atoms with Crippen LogP contribution in [0.25, 0.3) is 5.69 Å². The van der Waals surface area contributed by atoms with Crippen LogP contribution in [0.2, 0.25) is 0 Å². The molecule has 1 aliphatic rings. The Hall–Kier alpha value is -4.18. The van der Waals surface area contributed by atoms with Crippen molar-refractivity contribution in [3.8, 4) is 5.69 Å². The van der Waals surface area contributed by atoms with E-state index in [1.807, 2.05) is 68.1 Å². The first-order valence-electron chi connectivity index (χ1n) is 12.8. The van der Waals surface area contributed by atoms with Gasteiger partial charge in [0.2, 0.25) is 5.91 Å². The Morgan fingerprint density at radius 3 is 2.50 bits per heavy atom. The molecule has 0 spiro atoms. The third-order valence-electron chi connectivity index (χ3n) is 6.90. The maximum atomic E-state index is 13.5. The molecule has 5 rings (SSSR count). The molecule has 6 nitrogen and oxygen atoms in total. The van der Waals surface area contributed by atoms with Crippen molar-refractivity contribution < 1.29 is 18.0 Å². The van der Waals surface area contributed by atoms with Crippen LogP contribution < -0.4 is 15.5 Å². The number of halogens is 3. The van der Waals surface area contributed by atoms with Crippen LogP contribution in [0.5, 0.6) is 0 Å². The molecule has 3 heterocycles. The zero-order valence-corrected chi connectivity index (χ0v) is 22.9. The van der Waals surface area contributed by atoms with Crippen molar-refractivity contribution >= 4 is 34.6 Å². The molecule has 0 bridgehead atoms.